The molecule has 2 heterocycles. The Hall–Kier alpha value is -0.970. The van der Waals surface area contributed by atoms with Crippen molar-refractivity contribution in [3.05, 3.63) is 30.1 Å². The van der Waals surface area contributed by atoms with Crippen molar-refractivity contribution in [3.8, 4) is 0 Å². The van der Waals surface area contributed by atoms with Crippen LogP contribution < -0.4 is 5.73 Å². The van der Waals surface area contributed by atoms with Crippen LogP contribution >= 0.6 is 0 Å². The predicted molar refractivity (Wildman–Crippen MR) is 78.9 cm³/mol. The lowest BCUT2D eigenvalue weighted by Gasteiger charge is -2.36. The second kappa shape index (κ2) is 6.98. The van der Waals surface area contributed by atoms with Crippen LogP contribution in [0.25, 0.3) is 0 Å². The molecule has 1 aliphatic heterocycles. The summed E-state index contributed by atoms with van der Waals surface area (Å²) in [6, 6.07) is 6.93. The van der Waals surface area contributed by atoms with E-state index in [1.807, 2.05) is 12.3 Å². The molecule has 4 heteroatoms. The van der Waals surface area contributed by atoms with E-state index in [2.05, 4.69) is 40.9 Å². The molecule has 1 fully saturated rings. The molecule has 106 valence electrons. The minimum atomic E-state index is 0.248. The smallest absolute Gasteiger partial charge is 0.0647 e. The average Bonchev–Trinajstić information content (AvgIpc) is 2.63. The summed E-state index contributed by atoms with van der Waals surface area (Å²) in [6.45, 7) is 6.31. The Morgan fingerprint density at radius 1 is 1.42 bits per heavy atom. The molecule has 1 aliphatic rings. The van der Waals surface area contributed by atoms with E-state index < -0.39 is 0 Å². The third-order valence-corrected chi connectivity index (χ3v) is 4.07. The fraction of sp³-hybridized carbons (Fsp3) is 0.667. The molecule has 1 aromatic rings. The molecule has 19 heavy (non-hydrogen) atoms. The van der Waals surface area contributed by atoms with Crippen LogP contribution in [0.15, 0.2) is 24.4 Å². The van der Waals surface area contributed by atoms with Crippen LogP contribution in [0, 0.1) is 0 Å². The Morgan fingerprint density at radius 3 is 2.89 bits per heavy atom. The Labute approximate surface area is 116 Å². The molecular formula is C15H26N4. The molecule has 2 N–H and O–H groups in total. The lowest BCUT2D eigenvalue weighted by atomic mass is 10.1. The van der Waals surface area contributed by atoms with Gasteiger partial charge in [-0.05, 0) is 38.6 Å². The van der Waals surface area contributed by atoms with E-state index in [0.717, 1.165) is 25.2 Å². The van der Waals surface area contributed by atoms with Crippen molar-refractivity contribution in [1.29, 1.82) is 0 Å². The molecule has 0 bridgehead atoms. The van der Waals surface area contributed by atoms with Gasteiger partial charge in [-0.2, -0.15) is 0 Å². The van der Waals surface area contributed by atoms with Crippen LogP contribution in [0.3, 0.4) is 0 Å². The van der Waals surface area contributed by atoms with Crippen molar-refractivity contribution in [2.75, 3.05) is 33.2 Å². The zero-order valence-corrected chi connectivity index (χ0v) is 12.1. The summed E-state index contributed by atoms with van der Waals surface area (Å²) in [5.41, 5.74) is 7.15. The summed E-state index contributed by atoms with van der Waals surface area (Å²) in [7, 11) is 2.21. The average molecular weight is 262 g/mol. The molecule has 1 saturated heterocycles. The second-order valence-corrected chi connectivity index (χ2v) is 5.42. The maximum Gasteiger partial charge on any atom is 0.0647 e. The van der Waals surface area contributed by atoms with Gasteiger partial charge in [-0.1, -0.05) is 13.0 Å². The first-order chi connectivity index (χ1) is 9.26. The van der Waals surface area contributed by atoms with E-state index in [1.54, 1.807) is 0 Å². The Balaban J connectivity index is 2.20. The summed E-state index contributed by atoms with van der Waals surface area (Å²) in [4.78, 5) is 9.50. The number of rotatable bonds is 4. The lowest BCUT2D eigenvalue weighted by Crippen LogP contribution is -2.44. The molecule has 2 unspecified atom stereocenters. The maximum absolute atomic E-state index is 6.04. The first kappa shape index (κ1) is 14.4. The minimum Gasteiger partial charge on any atom is -0.329 e. The van der Waals surface area contributed by atoms with Crippen molar-refractivity contribution in [3.63, 3.8) is 0 Å². The van der Waals surface area contributed by atoms with Crippen molar-refractivity contribution >= 4 is 0 Å². The number of nitrogens with two attached hydrogens (primary N) is 1. The number of likely N-dealkylation sites (N-methyl/N-ethyl adjacent to an activating group) is 1. The summed E-state index contributed by atoms with van der Waals surface area (Å²) in [6.07, 6.45) is 4.23. The minimum absolute atomic E-state index is 0.248. The highest BCUT2D eigenvalue weighted by atomic mass is 15.3. The third kappa shape index (κ3) is 3.53. The first-order valence-electron chi connectivity index (χ1n) is 7.31. The van der Waals surface area contributed by atoms with E-state index in [1.165, 1.54) is 13.0 Å². The SMILES string of the molecule is CCC1CN(C)CCCN1C(CN)c1ccccn1. The van der Waals surface area contributed by atoms with Gasteiger partial charge in [0.25, 0.3) is 0 Å². The number of nitrogens with zero attached hydrogens (tertiary/aromatic N) is 3. The standard InChI is InChI=1S/C15H26N4/c1-3-13-12-18(2)9-6-10-19(13)15(11-16)14-7-4-5-8-17-14/h4-5,7-8,13,15H,3,6,9-12,16H2,1-2H3. The molecule has 0 amide bonds. The van der Waals surface area contributed by atoms with Crippen molar-refractivity contribution in [2.45, 2.75) is 31.8 Å². The number of aromatic nitrogens is 1. The van der Waals surface area contributed by atoms with E-state index in [4.69, 9.17) is 5.73 Å². The van der Waals surface area contributed by atoms with Gasteiger partial charge in [0.1, 0.15) is 0 Å². The van der Waals surface area contributed by atoms with Crippen LogP contribution in [0.5, 0.6) is 0 Å². The highest BCUT2D eigenvalue weighted by Gasteiger charge is 2.28. The monoisotopic (exact) mass is 262 g/mol. The molecule has 1 aromatic heterocycles. The molecule has 4 nitrogen and oxygen atoms in total. The summed E-state index contributed by atoms with van der Waals surface area (Å²) >= 11 is 0. The molecule has 0 aromatic carbocycles. The van der Waals surface area contributed by atoms with Gasteiger partial charge in [-0.25, -0.2) is 0 Å². The molecule has 2 rings (SSSR count). The van der Waals surface area contributed by atoms with Crippen LogP contribution in [-0.2, 0) is 0 Å². The highest BCUT2D eigenvalue weighted by molar-refractivity contribution is 5.10. The van der Waals surface area contributed by atoms with Gasteiger partial charge in [-0.3, -0.25) is 9.88 Å². The zero-order valence-electron chi connectivity index (χ0n) is 12.1. The Morgan fingerprint density at radius 2 is 2.26 bits per heavy atom. The van der Waals surface area contributed by atoms with E-state index in [-0.39, 0.29) is 6.04 Å². The van der Waals surface area contributed by atoms with Crippen LogP contribution in [0.2, 0.25) is 0 Å². The topological polar surface area (TPSA) is 45.4 Å². The summed E-state index contributed by atoms with van der Waals surface area (Å²) in [5, 5.41) is 0. The normalized spacial score (nSPS) is 24.1. The molecule has 0 radical (unpaired) electrons. The van der Waals surface area contributed by atoms with Gasteiger partial charge in [0.05, 0.1) is 11.7 Å². The molecule has 0 aliphatic carbocycles. The molecule has 0 spiro atoms. The van der Waals surface area contributed by atoms with Gasteiger partial charge in [0.2, 0.25) is 0 Å². The number of hydrogen-bond donors (Lipinski definition) is 1. The van der Waals surface area contributed by atoms with Gasteiger partial charge >= 0.3 is 0 Å². The largest absolute Gasteiger partial charge is 0.329 e. The Kier molecular flexibility index (Phi) is 5.31. The lowest BCUT2D eigenvalue weighted by molar-refractivity contribution is 0.128. The van der Waals surface area contributed by atoms with Gasteiger partial charge in [-0.15, -0.1) is 0 Å². The summed E-state index contributed by atoms with van der Waals surface area (Å²) < 4.78 is 0. The molecular weight excluding hydrogens is 236 g/mol. The van der Waals surface area contributed by atoms with Crippen molar-refractivity contribution in [2.24, 2.45) is 5.73 Å². The molecule has 2 atom stereocenters. The van der Waals surface area contributed by atoms with Gasteiger partial charge in [0.15, 0.2) is 0 Å². The van der Waals surface area contributed by atoms with Crippen LogP contribution in [-0.4, -0.2) is 54.1 Å². The number of hydrogen-bond acceptors (Lipinski definition) is 4. The predicted octanol–water partition coefficient (Wildman–Crippen LogP) is 1.50. The van der Waals surface area contributed by atoms with Crippen LogP contribution in [0.1, 0.15) is 31.5 Å². The number of pyridine rings is 1. The zero-order chi connectivity index (χ0) is 13.7. The van der Waals surface area contributed by atoms with Gasteiger partial charge < -0.3 is 10.6 Å². The first-order valence-corrected chi connectivity index (χ1v) is 7.31. The van der Waals surface area contributed by atoms with E-state index in [9.17, 15) is 0 Å². The summed E-state index contributed by atoms with van der Waals surface area (Å²) in [5.74, 6) is 0. The molecule has 0 saturated carbocycles. The van der Waals surface area contributed by atoms with Gasteiger partial charge in [0, 0.05) is 31.9 Å². The maximum atomic E-state index is 6.04. The fourth-order valence-corrected chi connectivity index (χ4v) is 3.03. The van der Waals surface area contributed by atoms with E-state index >= 15 is 0 Å². The third-order valence-electron chi connectivity index (χ3n) is 4.07. The second-order valence-electron chi connectivity index (χ2n) is 5.42. The van der Waals surface area contributed by atoms with E-state index in [0.29, 0.717) is 12.6 Å². The van der Waals surface area contributed by atoms with Crippen molar-refractivity contribution in [1.82, 2.24) is 14.8 Å². The quantitative estimate of drug-likeness (QED) is 0.893. The highest BCUT2D eigenvalue weighted by Crippen LogP contribution is 2.24. The van der Waals surface area contributed by atoms with Crippen molar-refractivity contribution < 1.29 is 0 Å². The van der Waals surface area contributed by atoms with Crippen LogP contribution in [0.4, 0.5) is 0 Å². The Bertz CT molecular complexity index is 368. The fourth-order valence-electron chi connectivity index (χ4n) is 3.03.